The molecule has 0 aromatic heterocycles. The maximum atomic E-state index is 11.3. The van der Waals surface area contributed by atoms with E-state index in [1.54, 1.807) is 0 Å². The maximum Gasteiger partial charge on any atom is 0.269 e. The van der Waals surface area contributed by atoms with E-state index in [1.807, 2.05) is 0 Å². The Morgan fingerprint density at radius 3 is 2.17 bits per heavy atom. The molecule has 0 heterocycles. The second-order valence-corrected chi connectivity index (χ2v) is 6.11. The van der Waals surface area contributed by atoms with Gasteiger partial charge in [0.25, 0.3) is 5.69 Å². The quantitative estimate of drug-likeness (QED) is 0.578. The van der Waals surface area contributed by atoms with E-state index in [1.165, 1.54) is 12.1 Å². The number of benzene rings is 1. The van der Waals surface area contributed by atoms with Crippen LogP contribution in [0.1, 0.15) is 11.7 Å². The molecule has 7 nitrogen and oxygen atoms in total. The van der Waals surface area contributed by atoms with Gasteiger partial charge in [-0.3, -0.25) is 10.1 Å². The molecular formula is C10H13NO6S. The predicted octanol–water partition coefficient (Wildman–Crippen LogP) is 0.0337. The lowest BCUT2D eigenvalue weighted by molar-refractivity contribution is -0.384. The van der Waals surface area contributed by atoms with Gasteiger partial charge in [0, 0.05) is 18.4 Å². The fraction of sp³-hybridized carbons (Fsp3) is 0.400. The highest BCUT2D eigenvalue weighted by molar-refractivity contribution is 7.91. The molecule has 0 aliphatic heterocycles. The number of sulfone groups is 1. The number of aliphatic hydroxyl groups excluding tert-OH is 2. The average molecular weight is 275 g/mol. The van der Waals surface area contributed by atoms with Gasteiger partial charge in [-0.25, -0.2) is 8.42 Å². The molecule has 0 saturated carbocycles. The molecular weight excluding hydrogens is 262 g/mol. The summed E-state index contributed by atoms with van der Waals surface area (Å²) >= 11 is 0. The van der Waals surface area contributed by atoms with Gasteiger partial charge in [-0.15, -0.1) is 0 Å². The van der Waals surface area contributed by atoms with Crippen LogP contribution in [0, 0.1) is 10.1 Å². The first-order valence-corrected chi connectivity index (χ1v) is 6.95. The van der Waals surface area contributed by atoms with Gasteiger partial charge < -0.3 is 10.2 Å². The fourth-order valence-electron chi connectivity index (χ4n) is 1.48. The van der Waals surface area contributed by atoms with Crippen LogP contribution in [-0.4, -0.2) is 41.7 Å². The Morgan fingerprint density at radius 1 is 1.33 bits per heavy atom. The number of non-ortho nitro benzene ring substituents is 1. The van der Waals surface area contributed by atoms with Crippen LogP contribution in [0.25, 0.3) is 0 Å². The Balaban J connectivity index is 3.03. The molecule has 0 aliphatic rings. The summed E-state index contributed by atoms with van der Waals surface area (Å²) in [7, 11) is -3.62. The molecule has 0 aliphatic carbocycles. The summed E-state index contributed by atoms with van der Waals surface area (Å²) in [6.45, 7) is -0.725. The lowest BCUT2D eigenvalue weighted by atomic mass is 10.1. The van der Waals surface area contributed by atoms with Gasteiger partial charge in [0.15, 0.2) is 9.84 Å². The summed E-state index contributed by atoms with van der Waals surface area (Å²) in [4.78, 5) is 9.84. The van der Waals surface area contributed by atoms with E-state index in [4.69, 9.17) is 5.11 Å². The van der Waals surface area contributed by atoms with Crippen LogP contribution in [0.2, 0.25) is 0 Å². The number of aliphatic hydroxyl groups is 2. The number of nitro groups is 1. The van der Waals surface area contributed by atoms with E-state index in [-0.39, 0.29) is 11.3 Å². The van der Waals surface area contributed by atoms with Gasteiger partial charge in [-0.1, -0.05) is 0 Å². The minimum absolute atomic E-state index is 0.161. The topological polar surface area (TPSA) is 118 Å². The van der Waals surface area contributed by atoms with Crippen molar-refractivity contribution < 1.29 is 23.6 Å². The first kappa shape index (κ1) is 14.6. The SMILES string of the molecule is CS(=O)(=O)[C@H](CO)[C@@H](O)c1ccc([N+](=O)[O-])cc1. The Hall–Kier alpha value is -1.51. The van der Waals surface area contributed by atoms with Crippen LogP contribution in [0.15, 0.2) is 24.3 Å². The maximum absolute atomic E-state index is 11.3. The molecule has 0 saturated heterocycles. The number of hydrogen-bond acceptors (Lipinski definition) is 6. The van der Waals surface area contributed by atoms with Crippen molar-refractivity contribution >= 4 is 15.5 Å². The van der Waals surface area contributed by atoms with Crippen LogP contribution in [0.3, 0.4) is 0 Å². The zero-order valence-corrected chi connectivity index (χ0v) is 10.4. The Morgan fingerprint density at radius 2 is 1.83 bits per heavy atom. The molecule has 2 atom stereocenters. The second-order valence-electron chi connectivity index (χ2n) is 3.84. The highest BCUT2D eigenvalue weighted by atomic mass is 32.2. The van der Waals surface area contributed by atoms with E-state index in [0.717, 1.165) is 18.4 Å². The van der Waals surface area contributed by atoms with Crippen molar-refractivity contribution in [3.8, 4) is 0 Å². The number of hydrogen-bond donors (Lipinski definition) is 2. The highest BCUT2D eigenvalue weighted by Crippen LogP contribution is 2.23. The molecule has 0 amide bonds. The summed E-state index contributed by atoms with van der Waals surface area (Å²) < 4.78 is 22.6. The van der Waals surface area contributed by atoms with Crippen molar-refractivity contribution in [1.82, 2.24) is 0 Å². The van der Waals surface area contributed by atoms with Crippen molar-refractivity contribution in [2.24, 2.45) is 0 Å². The Labute approximate surface area is 104 Å². The molecule has 1 rings (SSSR count). The van der Waals surface area contributed by atoms with E-state index in [0.29, 0.717) is 0 Å². The van der Waals surface area contributed by atoms with Crippen LogP contribution in [-0.2, 0) is 9.84 Å². The second kappa shape index (κ2) is 5.42. The summed E-state index contributed by atoms with van der Waals surface area (Å²) in [5, 5.41) is 27.9. The normalized spacial score (nSPS) is 15.1. The van der Waals surface area contributed by atoms with Gasteiger partial charge in [-0.2, -0.15) is 0 Å². The van der Waals surface area contributed by atoms with Crippen LogP contribution in [0.5, 0.6) is 0 Å². The summed E-state index contributed by atoms with van der Waals surface area (Å²) in [6.07, 6.45) is -0.520. The molecule has 8 heteroatoms. The molecule has 2 N–H and O–H groups in total. The molecule has 1 aromatic rings. The third kappa shape index (κ3) is 3.25. The molecule has 0 radical (unpaired) electrons. The number of nitro benzene ring substituents is 1. The standard InChI is InChI=1S/C10H13NO6S/c1-18(16,17)9(6-12)10(13)7-2-4-8(5-3-7)11(14)15/h2-5,9-10,12-13H,6H2,1H3/t9-,10+/m1/s1. The van der Waals surface area contributed by atoms with Gasteiger partial charge in [0.2, 0.25) is 0 Å². The molecule has 1 aromatic carbocycles. The van der Waals surface area contributed by atoms with Gasteiger partial charge in [0.05, 0.1) is 17.6 Å². The minimum Gasteiger partial charge on any atom is -0.395 e. The lowest BCUT2D eigenvalue weighted by Gasteiger charge is -2.19. The van der Waals surface area contributed by atoms with Crippen LogP contribution >= 0.6 is 0 Å². The zero-order chi connectivity index (χ0) is 13.9. The predicted molar refractivity (Wildman–Crippen MR) is 63.8 cm³/mol. The van der Waals surface area contributed by atoms with Gasteiger partial charge in [-0.05, 0) is 17.7 Å². The van der Waals surface area contributed by atoms with Crippen molar-refractivity contribution in [3.63, 3.8) is 0 Å². The molecule has 18 heavy (non-hydrogen) atoms. The van der Waals surface area contributed by atoms with Crippen LogP contribution in [0.4, 0.5) is 5.69 Å². The van der Waals surface area contributed by atoms with Crippen molar-refractivity contribution in [1.29, 1.82) is 0 Å². The first-order valence-electron chi connectivity index (χ1n) is 4.99. The summed E-state index contributed by atoms with van der Waals surface area (Å²) in [5.74, 6) is 0. The monoisotopic (exact) mass is 275 g/mol. The minimum atomic E-state index is -3.62. The third-order valence-electron chi connectivity index (χ3n) is 2.53. The largest absolute Gasteiger partial charge is 0.395 e. The summed E-state index contributed by atoms with van der Waals surface area (Å²) in [6, 6.07) is 4.85. The number of nitrogens with zero attached hydrogens (tertiary/aromatic N) is 1. The highest BCUT2D eigenvalue weighted by Gasteiger charge is 2.29. The van der Waals surface area contributed by atoms with Crippen molar-refractivity contribution in [2.45, 2.75) is 11.4 Å². The van der Waals surface area contributed by atoms with Gasteiger partial charge >= 0.3 is 0 Å². The van der Waals surface area contributed by atoms with Crippen molar-refractivity contribution in [2.75, 3.05) is 12.9 Å². The third-order valence-corrected chi connectivity index (χ3v) is 4.03. The lowest BCUT2D eigenvalue weighted by Crippen LogP contribution is -2.31. The smallest absolute Gasteiger partial charge is 0.269 e. The Bertz CT molecular complexity index is 524. The van der Waals surface area contributed by atoms with Gasteiger partial charge in [0.1, 0.15) is 5.25 Å². The Kier molecular flexibility index (Phi) is 4.38. The molecule has 0 spiro atoms. The van der Waals surface area contributed by atoms with Crippen molar-refractivity contribution in [3.05, 3.63) is 39.9 Å². The number of rotatable bonds is 5. The van der Waals surface area contributed by atoms with Crippen LogP contribution < -0.4 is 0 Å². The average Bonchev–Trinajstić information content (AvgIpc) is 2.28. The summed E-state index contributed by atoms with van der Waals surface area (Å²) in [5.41, 5.74) is 0.0379. The fourth-order valence-corrected chi connectivity index (χ4v) is 2.37. The molecule has 0 fully saturated rings. The molecule has 0 unspecified atom stereocenters. The zero-order valence-electron chi connectivity index (χ0n) is 9.55. The van der Waals surface area contributed by atoms with E-state index < -0.39 is 32.7 Å². The molecule has 100 valence electrons. The van der Waals surface area contributed by atoms with E-state index in [9.17, 15) is 23.6 Å². The first-order chi connectivity index (χ1) is 8.27. The molecule has 0 bridgehead atoms. The van der Waals surface area contributed by atoms with E-state index in [2.05, 4.69) is 0 Å². The van der Waals surface area contributed by atoms with E-state index >= 15 is 0 Å².